The van der Waals surface area contributed by atoms with Gasteiger partial charge in [-0.05, 0) is 0 Å². The van der Waals surface area contributed by atoms with E-state index >= 15 is 0 Å². The summed E-state index contributed by atoms with van der Waals surface area (Å²) in [6.45, 7) is -0.694. The van der Waals surface area contributed by atoms with E-state index in [1.165, 1.54) is 12.1 Å². The van der Waals surface area contributed by atoms with Gasteiger partial charge in [0.15, 0.2) is 11.9 Å². The van der Waals surface area contributed by atoms with Crippen LogP contribution in [0.3, 0.4) is 0 Å². The standard InChI is InChI=1S/C12H9Cl3O6/c13-5-1-4(2-6(14)8(5)15)20-11-9(18)12(19)21-10(11)7(17)3-16/h1-2,7,10,16-18H,3H2/t7-,10+/m0/s1. The molecule has 2 atom stereocenters. The third-order valence-electron chi connectivity index (χ3n) is 2.64. The summed E-state index contributed by atoms with van der Waals surface area (Å²) in [7, 11) is 0. The number of hydrogen-bond acceptors (Lipinski definition) is 6. The van der Waals surface area contributed by atoms with Crippen LogP contribution in [0.1, 0.15) is 0 Å². The van der Waals surface area contributed by atoms with Crippen LogP contribution in [0.2, 0.25) is 15.1 Å². The fourth-order valence-electron chi connectivity index (χ4n) is 1.63. The van der Waals surface area contributed by atoms with Crippen molar-refractivity contribution >= 4 is 40.8 Å². The molecule has 3 N–H and O–H groups in total. The summed E-state index contributed by atoms with van der Waals surface area (Å²) in [4.78, 5) is 11.3. The lowest BCUT2D eigenvalue weighted by Gasteiger charge is -2.18. The molecule has 0 saturated heterocycles. The van der Waals surface area contributed by atoms with Gasteiger partial charge in [0, 0.05) is 12.1 Å². The minimum atomic E-state index is -1.45. The number of ether oxygens (including phenoxy) is 2. The summed E-state index contributed by atoms with van der Waals surface area (Å²) in [6, 6.07) is 2.61. The molecule has 0 aromatic heterocycles. The molecule has 0 fully saturated rings. The first-order chi connectivity index (χ1) is 9.85. The maximum absolute atomic E-state index is 11.3. The molecule has 1 aliphatic rings. The van der Waals surface area contributed by atoms with Crippen LogP contribution in [0.5, 0.6) is 5.75 Å². The predicted octanol–water partition coefficient (Wildman–Crippen LogP) is 2.07. The highest BCUT2D eigenvalue weighted by atomic mass is 35.5. The third-order valence-corrected chi connectivity index (χ3v) is 3.84. The molecule has 9 heteroatoms. The van der Waals surface area contributed by atoms with Gasteiger partial charge in [-0.15, -0.1) is 0 Å². The number of rotatable bonds is 4. The topological polar surface area (TPSA) is 96.2 Å². The van der Waals surface area contributed by atoms with Crippen molar-refractivity contribution in [2.24, 2.45) is 0 Å². The second-order valence-corrected chi connectivity index (χ2v) is 5.28. The molecule has 0 amide bonds. The average molecular weight is 356 g/mol. The van der Waals surface area contributed by atoms with E-state index in [-0.39, 0.29) is 26.6 Å². The van der Waals surface area contributed by atoms with E-state index in [2.05, 4.69) is 0 Å². The molecule has 0 radical (unpaired) electrons. The number of cyclic esters (lactones) is 1. The highest BCUT2D eigenvalue weighted by Gasteiger charge is 2.41. The van der Waals surface area contributed by atoms with Gasteiger partial charge in [0.1, 0.15) is 11.9 Å². The predicted molar refractivity (Wildman–Crippen MR) is 74.7 cm³/mol. The van der Waals surface area contributed by atoms with Gasteiger partial charge in [-0.2, -0.15) is 0 Å². The molecule has 0 saturated carbocycles. The Morgan fingerprint density at radius 2 is 1.86 bits per heavy atom. The SMILES string of the molecule is O=C1O[C@H]([C@@H](O)CO)C(Oc2cc(Cl)c(Cl)c(Cl)c2)=C1O. The van der Waals surface area contributed by atoms with E-state index in [4.69, 9.17) is 49.4 Å². The van der Waals surface area contributed by atoms with Gasteiger partial charge >= 0.3 is 5.97 Å². The highest BCUT2D eigenvalue weighted by molar-refractivity contribution is 6.48. The average Bonchev–Trinajstić information content (AvgIpc) is 2.72. The minimum absolute atomic E-state index is 0.0735. The van der Waals surface area contributed by atoms with E-state index < -0.39 is 30.5 Å². The number of esters is 1. The van der Waals surface area contributed by atoms with Crippen LogP contribution in [0.25, 0.3) is 0 Å². The van der Waals surface area contributed by atoms with Crippen molar-refractivity contribution in [3.63, 3.8) is 0 Å². The maximum atomic E-state index is 11.3. The fraction of sp³-hybridized carbons (Fsp3) is 0.250. The van der Waals surface area contributed by atoms with Crippen molar-refractivity contribution in [1.82, 2.24) is 0 Å². The van der Waals surface area contributed by atoms with Gasteiger partial charge < -0.3 is 24.8 Å². The lowest BCUT2D eigenvalue weighted by molar-refractivity contribution is -0.147. The first-order valence-electron chi connectivity index (χ1n) is 5.60. The molecule has 6 nitrogen and oxygen atoms in total. The first kappa shape index (κ1) is 16.2. The number of carbonyl (C=O) groups is 1. The van der Waals surface area contributed by atoms with Crippen molar-refractivity contribution in [2.45, 2.75) is 12.2 Å². The number of benzene rings is 1. The van der Waals surface area contributed by atoms with Gasteiger partial charge in [-0.25, -0.2) is 4.79 Å². The number of carbonyl (C=O) groups excluding carboxylic acids is 1. The minimum Gasteiger partial charge on any atom is -0.499 e. The summed E-state index contributed by atoms with van der Waals surface area (Å²) in [5, 5.41) is 28.4. The molecule has 114 valence electrons. The number of hydrogen-bond donors (Lipinski definition) is 3. The molecular weight excluding hydrogens is 346 g/mol. The normalized spacial score (nSPS) is 19.7. The van der Waals surface area contributed by atoms with Crippen molar-refractivity contribution < 1.29 is 29.6 Å². The van der Waals surface area contributed by atoms with Gasteiger partial charge in [0.05, 0.1) is 21.7 Å². The van der Waals surface area contributed by atoms with Gasteiger partial charge in [-0.1, -0.05) is 34.8 Å². The monoisotopic (exact) mass is 354 g/mol. The van der Waals surface area contributed by atoms with Gasteiger partial charge in [0.2, 0.25) is 5.76 Å². The third kappa shape index (κ3) is 3.20. The Morgan fingerprint density at radius 1 is 1.29 bits per heavy atom. The van der Waals surface area contributed by atoms with Crippen LogP contribution in [-0.4, -0.2) is 40.1 Å². The molecule has 0 bridgehead atoms. The zero-order valence-corrected chi connectivity index (χ0v) is 12.5. The Morgan fingerprint density at radius 3 is 2.38 bits per heavy atom. The largest absolute Gasteiger partial charge is 0.499 e. The molecule has 0 unspecified atom stereocenters. The zero-order chi connectivity index (χ0) is 15.7. The number of aliphatic hydroxyl groups is 3. The molecular formula is C12H9Cl3O6. The Labute approximate surface area is 134 Å². The van der Waals surface area contributed by atoms with Gasteiger partial charge in [-0.3, -0.25) is 0 Å². The van der Waals surface area contributed by atoms with E-state index in [9.17, 15) is 15.0 Å². The molecule has 2 rings (SSSR count). The summed E-state index contributed by atoms with van der Waals surface area (Å²) in [5.74, 6) is -2.16. The summed E-state index contributed by atoms with van der Waals surface area (Å²) in [6.07, 6.45) is -2.79. The second kappa shape index (κ2) is 6.29. The molecule has 0 aliphatic carbocycles. The summed E-state index contributed by atoms with van der Waals surface area (Å²) in [5.41, 5.74) is 0. The van der Waals surface area contributed by atoms with Crippen LogP contribution in [0, 0.1) is 0 Å². The first-order valence-corrected chi connectivity index (χ1v) is 6.74. The fourth-order valence-corrected chi connectivity index (χ4v) is 2.21. The van der Waals surface area contributed by atoms with Crippen LogP contribution in [0.4, 0.5) is 0 Å². The van der Waals surface area contributed by atoms with E-state index in [0.29, 0.717) is 0 Å². The van der Waals surface area contributed by atoms with Crippen LogP contribution in [0.15, 0.2) is 23.7 Å². The molecule has 1 heterocycles. The Hall–Kier alpha value is -1.18. The molecule has 1 aromatic carbocycles. The Balaban J connectivity index is 2.34. The Kier molecular flexibility index (Phi) is 4.85. The van der Waals surface area contributed by atoms with E-state index in [1.807, 2.05) is 0 Å². The molecule has 21 heavy (non-hydrogen) atoms. The summed E-state index contributed by atoms with van der Waals surface area (Å²) >= 11 is 17.5. The van der Waals surface area contributed by atoms with Gasteiger partial charge in [0.25, 0.3) is 0 Å². The van der Waals surface area contributed by atoms with Crippen molar-refractivity contribution in [3.05, 3.63) is 38.7 Å². The number of aliphatic hydroxyl groups excluding tert-OH is 3. The highest BCUT2D eigenvalue weighted by Crippen LogP contribution is 2.36. The second-order valence-electron chi connectivity index (χ2n) is 4.09. The summed E-state index contributed by atoms with van der Waals surface area (Å²) < 4.78 is 10.0. The maximum Gasteiger partial charge on any atom is 0.378 e. The Bertz CT molecular complexity index is 592. The zero-order valence-electron chi connectivity index (χ0n) is 10.2. The van der Waals surface area contributed by atoms with Crippen molar-refractivity contribution in [3.8, 4) is 5.75 Å². The van der Waals surface area contributed by atoms with Crippen LogP contribution < -0.4 is 4.74 Å². The smallest absolute Gasteiger partial charge is 0.378 e. The van der Waals surface area contributed by atoms with E-state index in [1.54, 1.807) is 0 Å². The molecule has 1 aliphatic heterocycles. The molecule has 0 spiro atoms. The lowest BCUT2D eigenvalue weighted by Crippen LogP contribution is -2.33. The number of halogens is 3. The molecule has 1 aromatic rings. The van der Waals surface area contributed by atoms with Crippen LogP contribution >= 0.6 is 34.8 Å². The quantitative estimate of drug-likeness (QED) is 0.565. The van der Waals surface area contributed by atoms with E-state index in [0.717, 1.165) is 0 Å². The van der Waals surface area contributed by atoms with Crippen molar-refractivity contribution in [2.75, 3.05) is 6.61 Å². The lowest BCUT2D eigenvalue weighted by atomic mass is 10.2. The van der Waals surface area contributed by atoms with Crippen molar-refractivity contribution in [1.29, 1.82) is 0 Å². The van der Waals surface area contributed by atoms with Crippen LogP contribution in [-0.2, 0) is 9.53 Å².